The minimum atomic E-state index is -0.923. The molecule has 1 aromatic carbocycles. The van der Waals surface area contributed by atoms with E-state index in [1.54, 1.807) is 0 Å². The zero-order valence-electron chi connectivity index (χ0n) is 9.50. The Morgan fingerprint density at radius 3 is 2.62 bits per heavy atom. The van der Waals surface area contributed by atoms with Crippen LogP contribution in [0.1, 0.15) is 32.3 Å². The van der Waals surface area contributed by atoms with Crippen molar-refractivity contribution < 1.29 is 9.50 Å². The first-order valence-electron chi connectivity index (χ1n) is 5.60. The second-order valence-electron chi connectivity index (χ2n) is 5.07. The molecule has 0 spiro atoms. The number of hydrogen-bond donors (Lipinski definition) is 1. The van der Waals surface area contributed by atoms with Gasteiger partial charge in [0.05, 0.1) is 5.60 Å². The third-order valence-corrected chi connectivity index (χ3v) is 3.90. The van der Waals surface area contributed by atoms with Crippen molar-refractivity contribution in [1.82, 2.24) is 0 Å². The molecule has 0 amide bonds. The molecule has 1 aliphatic rings. The third kappa shape index (κ3) is 1.96. The van der Waals surface area contributed by atoms with Crippen LogP contribution in [0.2, 0.25) is 5.02 Å². The molecule has 0 atom stereocenters. The van der Waals surface area contributed by atoms with Gasteiger partial charge in [0.25, 0.3) is 0 Å². The molecule has 0 unspecified atom stereocenters. The number of hydrogen-bond acceptors (Lipinski definition) is 1. The summed E-state index contributed by atoms with van der Waals surface area (Å²) in [5.41, 5.74) is -0.389. The Bertz CT molecular complexity index is 397. The molecule has 88 valence electrons. The summed E-state index contributed by atoms with van der Waals surface area (Å²) >= 11 is 5.99. The van der Waals surface area contributed by atoms with E-state index in [-0.39, 0.29) is 5.82 Å². The lowest BCUT2D eigenvalue weighted by molar-refractivity contribution is -0.0934. The van der Waals surface area contributed by atoms with Crippen LogP contribution < -0.4 is 0 Å². The minimum Gasteiger partial charge on any atom is -0.385 e. The number of halogens is 2. The fourth-order valence-corrected chi connectivity index (χ4v) is 2.65. The standard InChI is InChI=1S/C13H16ClFO/c1-8(2)9-6-13(16,7-9)11-5-10(15)3-4-12(11)14/h3-5,8-9,16H,6-7H2,1-2H3. The second-order valence-corrected chi connectivity index (χ2v) is 5.48. The summed E-state index contributed by atoms with van der Waals surface area (Å²) in [6.07, 6.45) is 1.35. The lowest BCUT2D eigenvalue weighted by Crippen LogP contribution is -2.43. The van der Waals surface area contributed by atoms with Crippen LogP contribution in [0.15, 0.2) is 18.2 Å². The molecule has 1 fully saturated rings. The monoisotopic (exact) mass is 242 g/mol. The number of benzene rings is 1. The Hall–Kier alpha value is -0.600. The van der Waals surface area contributed by atoms with E-state index in [2.05, 4.69) is 13.8 Å². The van der Waals surface area contributed by atoms with Gasteiger partial charge in [-0.05, 0) is 42.9 Å². The van der Waals surface area contributed by atoms with Gasteiger partial charge in [-0.3, -0.25) is 0 Å². The van der Waals surface area contributed by atoms with Gasteiger partial charge >= 0.3 is 0 Å². The zero-order chi connectivity index (χ0) is 11.9. The van der Waals surface area contributed by atoms with Crippen molar-refractivity contribution in [3.8, 4) is 0 Å². The summed E-state index contributed by atoms with van der Waals surface area (Å²) in [6.45, 7) is 4.27. The van der Waals surface area contributed by atoms with Crippen molar-refractivity contribution in [3.05, 3.63) is 34.6 Å². The normalized spacial score (nSPS) is 29.2. The summed E-state index contributed by atoms with van der Waals surface area (Å²) in [7, 11) is 0. The van der Waals surface area contributed by atoms with Crippen molar-refractivity contribution in [3.63, 3.8) is 0 Å². The lowest BCUT2D eigenvalue weighted by atomic mass is 9.63. The highest BCUT2D eigenvalue weighted by molar-refractivity contribution is 6.31. The first kappa shape index (κ1) is 11.9. The minimum absolute atomic E-state index is 0.346. The first-order valence-corrected chi connectivity index (χ1v) is 5.98. The van der Waals surface area contributed by atoms with Crippen LogP contribution >= 0.6 is 11.6 Å². The highest BCUT2D eigenvalue weighted by Crippen LogP contribution is 2.50. The van der Waals surface area contributed by atoms with E-state index in [1.807, 2.05) is 0 Å². The van der Waals surface area contributed by atoms with Gasteiger partial charge in [-0.25, -0.2) is 4.39 Å². The Morgan fingerprint density at radius 2 is 2.06 bits per heavy atom. The quantitative estimate of drug-likeness (QED) is 0.838. The van der Waals surface area contributed by atoms with Crippen LogP contribution in [0.3, 0.4) is 0 Å². The van der Waals surface area contributed by atoms with E-state index in [9.17, 15) is 9.50 Å². The molecule has 0 aliphatic heterocycles. The summed E-state index contributed by atoms with van der Waals surface area (Å²) in [4.78, 5) is 0. The van der Waals surface area contributed by atoms with Crippen molar-refractivity contribution in [1.29, 1.82) is 0 Å². The Labute approximate surface area is 100 Å². The molecular formula is C13H16ClFO. The van der Waals surface area contributed by atoms with Gasteiger partial charge in [-0.1, -0.05) is 25.4 Å². The summed E-state index contributed by atoms with van der Waals surface area (Å²) in [5, 5.41) is 10.8. The van der Waals surface area contributed by atoms with Gasteiger partial charge in [0, 0.05) is 10.6 Å². The van der Waals surface area contributed by atoms with Crippen molar-refractivity contribution in [2.24, 2.45) is 11.8 Å². The lowest BCUT2D eigenvalue weighted by Gasteiger charge is -2.46. The SMILES string of the molecule is CC(C)C1CC(O)(c2cc(F)ccc2Cl)C1. The maximum atomic E-state index is 13.1. The van der Waals surface area contributed by atoms with Crippen molar-refractivity contribution in [2.75, 3.05) is 0 Å². The van der Waals surface area contributed by atoms with Gasteiger partial charge in [-0.15, -0.1) is 0 Å². The van der Waals surface area contributed by atoms with Crippen LogP contribution in [0.25, 0.3) is 0 Å². The Kier molecular flexibility index (Phi) is 2.97. The zero-order valence-corrected chi connectivity index (χ0v) is 10.3. The molecule has 2 rings (SSSR count). The van der Waals surface area contributed by atoms with E-state index >= 15 is 0 Å². The van der Waals surface area contributed by atoms with Gasteiger partial charge in [0.15, 0.2) is 0 Å². The molecular weight excluding hydrogens is 227 g/mol. The fourth-order valence-electron chi connectivity index (χ4n) is 2.35. The molecule has 0 aromatic heterocycles. The average Bonchev–Trinajstić information content (AvgIpc) is 2.16. The summed E-state index contributed by atoms with van der Waals surface area (Å²) < 4.78 is 13.1. The second kappa shape index (κ2) is 4.01. The van der Waals surface area contributed by atoms with Gasteiger partial charge in [0.1, 0.15) is 5.82 Å². The molecule has 0 bridgehead atoms. The van der Waals surface area contributed by atoms with Gasteiger partial charge in [0.2, 0.25) is 0 Å². The Balaban J connectivity index is 2.23. The summed E-state index contributed by atoms with van der Waals surface area (Å²) in [5.74, 6) is 0.706. The topological polar surface area (TPSA) is 20.2 Å². The highest BCUT2D eigenvalue weighted by atomic mass is 35.5. The van der Waals surface area contributed by atoms with E-state index in [1.165, 1.54) is 18.2 Å². The fraction of sp³-hybridized carbons (Fsp3) is 0.538. The molecule has 0 saturated heterocycles. The molecule has 0 radical (unpaired) electrons. The van der Waals surface area contributed by atoms with Gasteiger partial charge < -0.3 is 5.11 Å². The molecule has 1 nitrogen and oxygen atoms in total. The Morgan fingerprint density at radius 1 is 1.44 bits per heavy atom. The molecule has 1 N–H and O–H groups in total. The molecule has 1 saturated carbocycles. The van der Waals surface area contributed by atoms with Crippen molar-refractivity contribution in [2.45, 2.75) is 32.3 Å². The molecule has 1 aliphatic carbocycles. The van der Waals surface area contributed by atoms with Crippen molar-refractivity contribution >= 4 is 11.6 Å². The van der Waals surface area contributed by atoms with Gasteiger partial charge in [-0.2, -0.15) is 0 Å². The number of aliphatic hydroxyl groups is 1. The first-order chi connectivity index (χ1) is 7.42. The van der Waals surface area contributed by atoms with Crippen LogP contribution in [0, 0.1) is 17.7 Å². The van der Waals surface area contributed by atoms with Crippen LogP contribution in [-0.2, 0) is 5.60 Å². The molecule has 0 heterocycles. The number of rotatable bonds is 2. The predicted octanol–water partition coefficient (Wildman–Crippen LogP) is 3.73. The highest BCUT2D eigenvalue weighted by Gasteiger charge is 2.46. The van der Waals surface area contributed by atoms with Crippen LogP contribution in [0.5, 0.6) is 0 Å². The van der Waals surface area contributed by atoms with E-state index in [4.69, 9.17) is 11.6 Å². The molecule has 3 heteroatoms. The molecule has 16 heavy (non-hydrogen) atoms. The van der Waals surface area contributed by atoms with E-state index in [0.717, 1.165) is 0 Å². The largest absolute Gasteiger partial charge is 0.385 e. The maximum Gasteiger partial charge on any atom is 0.123 e. The maximum absolute atomic E-state index is 13.1. The smallest absolute Gasteiger partial charge is 0.123 e. The average molecular weight is 243 g/mol. The molecule has 1 aromatic rings. The summed E-state index contributed by atoms with van der Waals surface area (Å²) in [6, 6.07) is 4.17. The van der Waals surface area contributed by atoms with E-state index < -0.39 is 5.60 Å². The van der Waals surface area contributed by atoms with Crippen LogP contribution in [-0.4, -0.2) is 5.11 Å². The van der Waals surface area contributed by atoms with Crippen LogP contribution in [0.4, 0.5) is 4.39 Å². The third-order valence-electron chi connectivity index (χ3n) is 3.57. The predicted molar refractivity (Wildman–Crippen MR) is 62.9 cm³/mol. The van der Waals surface area contributed by atoms with E-state index in [0.29, 0.717) is 35.3 Å².